The number of para-hydroxylation sites is 1. The van der Waals surface area contributed by atoms with Gasteiger partial charge in [-0.15, -0.1) is 0 Å². The van der Waals surface area contributed by atoms with Crippen molar-refractivity contribution in [1.29, 1.82) is 0 Å². The fraction of sp³-hybridized carbons (Fsp3) is 0.588. The second-order valence-electron chi connectivity index (χ2n) is 5.72. The third kappa shape index (κ3) is 4.74. The van der Waals surface area contributed by atoms with E-state index in [1.807, 2.05) is 24.3 Å². The smallest absolute Gasteiger partial charge is 0.224 e. The molecule has 0 bridgehead atoms. The van der Waals surface area contributed by atoms with Gasteiger partial charge in [-0.3, -0.25) is 9.69 Å². The first-order valence-corrected chi connectivity index (χ1v) is 7.83. The second kappa shape index (κ2) is 8.03. The molecule has 1 amide bonds. The lowest BCUT2D eigenvalue weighted by atomic mass is 10.0. The van der Waals surface area contributed by atoms with Crippen LogP contribution >= 0.6 is 0 Å². The van der Waals surface area contributed by atoms with E-state index in [1.165, 1.54) is 19.3 Å². The highest BCUT2D eigenvalue weighted by molar-refractivity contribution is 5.79. The lowest BCUT2D eigenvalue weighted by Gasteiger charge is -2.33. The number of methoxy groups -OCH3 is 1. The number of benzene rings is 1. The van der Waals surface area contributed by atoms with E-state index in [0.717, 1.165) is 30.9 Å². The van der Waals surface area contributed by atoms with Gasteiger partial charge in [0.05, 0.1) is 13.5 Å². The van der Waals surface area contributed by atoms with Crippen LogP contribution in [0.5, 0.6) is 5.75 Å². The van der Waals surface area contributed by atoms with Crippen molar-refractivity contribution in [3.63, 3.8) is 0 Å². The van der Waals surface area contributed by atoms with Gasteiger partial charge in [0, 0.05) is 24.7 Å². The zero-order valence-electron chi connectivity index (χ0n) is 13.1. The van der Waals surface area contributed by atoms with Gasteiger partial charge in [-0.2, -0.15) is 0 Å². The molecule has 1 N–H and O–H groups in total. The molecule has 1 saturated heterocycles. The van der Waals surface area contributed by atoms with Crippen molar-refractivity contribution in [1.82, 2.24) is 10.2 Å². The van der Waals surface area contributed by atoms with Gasteiger partial charge >= 0.3 is 0 Å². The van der Waals surface area contributed by atoms with Crippen LogP contribution in [0.25, 0.3) is 0 Å². The van der Waals surface area contributed by atoms with E-state index in [1.54, 1.807) is 7.11 Å². The van der Waals surface area contributed by atoms with Gasteiger partial charge in [0.15, 0.2) is 0 Å². The molecule has 2 rings (SSSR count). The Kier molecular flexibility index (Phi) is 6.05. The van der Waals surface area contributed by atoms with Gasteiger partial charge < -0.3 is 10.1 Å². The van der Waals surface area contributed by atoms with Gasteiger partial charge in [-0.1, -0.05) is 24.6 Å². The number of likely N-dealkylation sites (tertiary alicyclic amines) is 1. The number of carbonyl (C=O) groups excluding carboxylic acids is 1. The summed E-state index contributed by atoms with van der Waals surface area (Å²) in [6.07, 6.45) is 4.26. The summed E-state index contributed by atoms with van der Waals surface area (Å²) in [5, 5.41) is 3.01. The average molecular weight is 290 g/mol. The summed E-state index contributed by atoms with van der Waals surface area (Å²) in [7, 11) is 1.63. The number of nitrogens with zero attached hydrogens (tertiary/aromatic N) is 1. The summed E-state index contributed by atoms with van der Waals surface area (Å²) in [4.78, 5) is 14.5. The predicted octanol–water partition coefficient (Wildman–Crippen LogP) is 2.23. The highest BCUT2D eigenvalue weighted by Crippen LogP contribution is 2.18. The number of piperidine rings is 1. The van der Waals surface area contributed by atoms with Crippen LogP contribution in [0.4, 0.5) is 0 Å². The Labute approximate surface area is 127 Å². The summed E-state index contributed by atoms with van der Waals surface area (Å²) in [5.74, 6) is 0.835. The molecule has 1 heterocycles. The number of carbonyl (C=O) groups is 1. The van der Waals surface area contributed by atoms with Crippen LogP contribution in [0.15, 0.2) is 24.3 Å². The molecule has 0 aliphatic carbocycles. The molecule has 1 aromatic rings. The summed E-state index contributed by atoms with van der Waals surface area (Å²) < 4.78 is 5.27. The first kappa shape index (κ1) is 15.8. The molecule has 0 saturated carbocycles. The van der Waals surface area contributed by atoms with Crippen molar-refractivity contribution < 1.29 is 9.53 Å². The van der Waals surface area contributed by atoms with Crippen LogP contribution in [0.3, 0.4) is 0 Å². The number of ether oxygens (including phenoxy) is 1. The highest BCUT2D eigenvalue weighted by Gasteiger charge is 2.17. The average Bonchev–Trinajstić information content (AvgIpc) is 2.50. The van der Waals surface area contributed by atoms with Crippen molar-refractivity contribution >= 4 is 5.91 Å². The summed E-state index contributed by atoms with van der Waals surface area (Å²) >= 11 is 0. The lowest BCUT2D eigenvalue weighted by molar-refractivity contribution is -0.120. The lowest BCUT2D eigenvalue weighted by Crippen LogP contribution is -2.42. The van der Waals surface area contributed by atoms with Gasteiger partial charge in [-0.05, 0) is 32.4 Å². The molecule has 0 unspecified atom stereocenters. The molecule has 0 aromatic heterocycles. The van der Waals surface area contributed by atoms with Crippen molar-refractivity contribution in [3.8, 4) is 5.75 Å². The topological polar surface area (TPSA) is 41.6 Å². The van der Waals surface area contributed by atoms with E-state index in [2.05, 4.69) is 17.1 Å². The maximum absolute atomic E-state index is 12.0. The van der Waals surface area contributed by atoms with Gasteiger partial charge in [0.1, 0.15) is 5.75 Å². The zero-order chi connectivity index (χ0) is 15.1. The molecule has 1 atom stereocenters. The minimum Gasteiger partial charge on any atom is -0.496 e. The van der Waals surface area contributed by atoms with Crippen LogP contribution in [-0.2, 0) is 11.2 Å². The number of rotatable bonds is 6. The van der Waals surface area contributed by atoms with Gasteiger partial charge in [0.25, 0.3) is 0 Å². The first-order chi connectivity index (χ1) is 10.2. The van der Waals surface area contributed by atoms with Crippen molar-refractivity contribution in [2.45, 2.75) is 38.6 Å². The number of hydrogen-bond acceptors (Lipinski definition) is 3. The Hall–Kier alpha value is -1.55. The molecule has 116 valence electrons. The fourth-order valence-electron chi connectivity index (χ4n) is 2.91. The molecule has 1 aliphatic heterocycles. The number of hydrogen-bond donors (Lipinski definition) is 1. The quantitative estimate of drug-likeness (QED) is 0.873. The maximum Gasteiger partial charge on any atom is 0.224 e. The molecule has 1 aliphatic rings. The van der Waals surface area contributed by atoms with Gasteiger partial charge in [-0.25, -0.2) is 0 Å². The number of nitrogens with one attached hydrogen (secondary N) is 1. The number of amides is 1. The summed E-state index contributed by atoms with van der Waals surface area (Å²) in [5.41, 5.74) is 0.934. The summed E-state index contributed by atoms with van der Waals surface area (Å²) in [6, 6.07) is 8.31. The maximum atomic E-state index is 12.0. The third-order valence-corrected chi connectivity index (χ3v) is 4.21. The van der Waals surface area contributed by atoms with E-state index in [-0.39, 0.29) is 5.91 Å². The Morgan fingerprint density at radius 1 is 1.38 bits per heavy atom. The molecular formula is C17H26N2O2. The molecule has 0 spiro atoms. The predicted molar refractivity (Wildman–Crippen MR) is 84.6 cm³/mol. The van der Waals surface area contributed by atoms with Crippen molar-refractivity contribution in [3.05, 3.63) is 29.8 Å². The Bertz CT molecular complexity index is 462. The van der Waals surface area contributed by atoms with Crippen LogP contribution in [0.1, 0.15) is 31.7 Å². The molecular weight excluding hydrogens is 264 g/mol. The van der Waals surface area contributed by atoms with Crippen molar-refractivity contribution in [2.24, 2.45) is 0 Å². The van der Waals surface area contributed by atoms with E-state index in [0.29, 0.717) is 12.5 Å². The van der Waals surface area contributed by atoms with Crippen LogP contribution in [0.2, 0.25) is 0 Å². The van der Waals surface area contributed by atoms with Crippen LogP contribution in [-0.4, -0.2) is 43.6 Å². The molecule has 4 heteroatoms. The van der Waals surface area contributed by atoms with E-state index >= 15 is 0 Å². The van der Waals surface area contributed by atoms with E-state index < -0.39 is 0 Å². The molecule has 4 nitrogen and oxygen atoms in total. The largest absolute Gasteiger partial charge is 0.496 e. The van der Waals surface area contributed by atoms with Crippen LogP contribution in [0, 0.1) is 0 Å². The molecule has 0 radical (unpaired) electrons. The standard InChI is InChI=1S/C17H26N2O2/c1-14-7-5-6-11-19(14)12-10-18-17(20)13-15-8-3-4-9-16(15)21-2/h3-4,8-9,14H,5-7,10-13H2,1-2H3,(H,18,20)/t14-/m0/s1. The highest BCUT2D eigenvalue weighted by atomic mass is 16.5. The zero-order valence-corrected chi connectivity index (χ0v) is 13.1. The molecule has 1 fully saturated rings. The third-order valence-electron chi connectivity index (χ3n) is 4.21. The Morgan fingerprint density at radius 3 is 2.95 bits per heavy atom. The fourth-order valence-corrected chi connectivity index (χ4v) is 2.91. The molecule has 1 aromatic carbocycles. The van der Waals surface area contributed by atoms with Crippen LogP contribution < -0.4 is 10.1 Å². The minimum atomic E-state index is 0.0594. The van der Waals surface area contributed by atoms with Crippen molar-refractivity contribution in [2.75, 3.05) is 26.7 Å². The summed E-state index contributed by atoms with van der Waals surface area (Å²) in [6.45, 7) is 5.09. The second-order valence-corrected chi connectivity index (χ2v) is 5.72. The Balaban J connectivity index is 1.74. The SMILES string of the molecule is COc1ccccc1CC(=O)NCCN1CCCC[C@@H]1C. The molecule has 21 heavy (non-hydrogen) atoms. The van der Waals surface area contributed by atoms with E-state index in [9.17, 15) is 4.79 Å². The Morgan fingerprint density at radius 2 is 2.19 bits per heavy atom. The normalized spacial score (nSPS) is 19.2. The van der Waals surface area contributed by atoms with Gasteiger partial charge in [0.2, 0.25) is 5.91 Å². The minimum absolute atomic E-state index is 0.0594. The monoisotopic (exact) mass is 290 g/mol. The van der Waals surface area contributed by atoms with E-state index in [4.69, 9.17) is 4.74 Å². The first-order valence-electron chi connectivity index (χ1n) is 7.83.